The van der Waals surface area contributed by atoms with Crippen molar-refractivity contribution in [2.45, 2.75) is 24.0 Å². The molecule has 0 aliphatic carbocycles. The molecule has 0 radical (unpaired) electrons. The van der Waals surface area contributed by atoms with E-state index in [0.29, 0.717) is 34.6 Å². The summed E-state index contributed by atoms with van der Waals surface area (Å²) in [7, 11) is -3.68. The van der Waals surface area contributed by atoms with Gasteiger partial charge in [-0.05, 0) is 59.2 Å². The van der Waals surface area contributed by atoms with Crippen molar-refractivity contribution in [3.8, 4) is 5.75 Å². The minimum absolute atomic E-state index is 0.0924. The molecule has 1 heterocycles. The zero-order valence-electron chi connectivity index (χ0n) is 24.9. The molecule has 46 heavy (non-hydrogen) atoms. The molecular weight excluding hydrogens is 649 g/mol. The van der Waals surface area contributed by atoms with Gasteiger partial charge in [-0.1, -0.05) is 83.9 Å². The minimum Gasteiger partial charge on any atom is -0.484 e. The van der Waals surface area contributed by atoms with Crippen molar-refractivity contribution in [2.75, 3.05) is 32.9 Å². The number of nitrogens with zero attached hydrogens (tertiary/aromatic N) is 2. The molecule has 2 amide bonds. The lowest BCUT2D eigenvalue weighted by Gasteiger charge is -2.31. The Morgan fingerprint density at radius 1 is 0.870 bits per heavy atom. The Morgan fingerprint density at radius 3 is 2.20 bits per heavy atom. The second-order valence-electron chi connectivity index (χ2n) is 10.5. The topological polar surface area (TPSA) is 105 Å². The van der Waals surface area contributed by atoms with Gasteiger partial charge in [0.1, 0.15) is 11.8 Å². The fourth-order valence-corrected chi connectivity index (χ4v) is 6.75. The van der Waals surface area contributed by atoms with Crippen molar-refractivity contribution in [2.24, 2.45) is 0 Å². The van der Waals surface area contributed by atoms with Crippen LogP contribution < -0.4 is 10.1 Å². The minimum atomic E-state index is -3.68. The van der Waals surface area contributed by atoms with Crippen molar-refractivity contribution in [3.63, 3.8) is 0 Å². The zero-order valence-corrected chi connectivity index (χ0v) is 27.2. The molecule has 0 bridgehead atoms. The summed E-state index contributed by atoms with van der Waals surface area (Å²) in [5.41, 5.74) is 2.11. The average Bonchev–Trinajstić information content (AvgIpc) is 3.08. The Bertz CT molecular complexity index is 1730. The summed E-state index contributed by atoms with van der Waals surface area (Å²) in [6, 6.07) is 28.2. The van der Waals surface area contributed by atoms with Gasteiger partial charge in [-0.3, -0.25) is 9.59 Å². The first-order chi connectivity index (χ1) is 22.2. The highest BCUT2D eigenvalue weighted by atomic mass is 35.5. The summed E-state index contributed by atoms with van der Waals surface area (Å²) in [5.74, 6) is -0.548. The van der Waals surface area contributed by atoms with Gasteiger partial charge in [0.15, 0.2) is 6.61 Å². The standard InChI is InChI=1S/C34H33Cl2N3O6S/c35-28-12-10-25(11-13-28)23-39(33(26-6-2-1-3-7-26)34(41)37-22-27-8-4-5-9-31(27)36)32(40)24-45-29-14-16-30(17-15-29)46(42,43)38-18-20-44-21-19-38/h1-17,33H,18-24H2,(H,37,41). The van der Waals surface area contributed by atoms with Crippen molar-refractivity contribution < 1.29 is 27.5 Å². The highest BCUT2D eigenvalue weighted by molar-refractivity contribution is 7.89. The number of carbonyl (C=O) groups excluding carboxylic acids is 2. The first-order valence-electron chi connectivity index (χ1n) is 14.6. The van der Waals surface area contributed by atoms with E-state index < -0.39 is 34.5 Å². The number of halogens is 2. The van der Waals surface area contributed by atoms with Gasteiger partial charge in [-0.2, -0.15) is 4.31 Å². The molecule has 1 aliphatic rings. The maximum Gasteiger partial charge on any atom is 0.261 e. The maximum absolute atomic E-state index is 13.9. The third kappa shape index (κ3) is 8.45. The predicted octanol–water partition coefficient (Wildman–Crippen LogP) is 5.48. The van der Waals surface area contributed by atoms with Gasteiger partial charge in [-0.15, -0.1) is 0 Å². The van der Waals surface area contributed by atoms with Crippen LogP contribution in [0.15, 0.2) is 108 Å². The molecule has 9 nitrogen and oxygen atoms in total. The largest absolute Gasteiger partial charge is 0.484 e. The molecule has 1 saturated heterocycles. The molecule has 240 valence electrons. The van der Waals surface area contributed by atoms with E-state index in [-0.39, 0.29) is 31.1 Å². The summed E-state index contributed by atoms with van der Waals surface area (Å²) in [5, 5.41) is 4.00. The lowest BCUT2D eigenvalue weighted by atomic mass is 10.0. The Morgan fingerprint density at radius 2 is 1.52 bits per heavy atom. The van der Waals surface area contributed by atoms with Crippen LogP contribution in [-0.4, -0.2) is 62.3 Å². The number of hydrogen-bond donors (Lipinski definition) is 1. The molecule has 1 N–H and O–H groups in total. The summed E-state index contributed by atoms with van der Waals surface area (Å²) < 4.78 is 38.5. The Balaban J connectivity index is 1.37. The number of nitrogens with one attached hydrogen (secondary N) is 1. The van der Waals surface area contributed by atoms with Crippen LogP contribution in [0.1, 0.15) is 22.7 Å². The Kier molecular flexibility index (Phi) is 11.3. The van der Waals surface area contributed by atoms with Crippen LogP contribution in [0.4, 0.5) is 0 Å². The molecule has 1 aliphatic heterocycles. The number of sulfonamides is 1. The first-order valence-corrected chi connectivity index (χ1v) is 16.8. The fourth-order valence-electron chi connectivity index (χ4n) is 5.01. The van der Waals surface area contributed by atoms with Crippen molar-refractivity contribution in [1.82, 2.24) is 14.5 Å². The summed E-state index contributed by atoms with van der Waals surface area (Å²) >= 11 is 12.4. The molecule has 0 aromatic heterocycles. The number of ether oxygens (including phenoxy) is 2. The predicted molar refractivity (Wildman–Crippen MR) is 176 cm³/mol. The number of rotatable bonds is 12. The van der Waals surface area contributed by atoms with Gasteiger partial charge in [0.2, 0.25) is 15.9 Å². The van der Waals surface area contributed by atoms with E-state index in [9.17, 15) is 18.0 Å². The molecular formula is C34H33Cl2N3O6S. The summed E-state index contributed by atoms with van der Waals surface area (Å²) in [6.45, 7) is 1.12. The van der Waals surface area contributed by atoms with Gasteiger partial charge < -0.3 is 19.7 Å². The lowest BCUT2D eigenvalue weighted by Crippen LogP contribution is -2.45. The van der Waals surface area contributed by atoms with Crippen molar-refractivity contribution in [3.05, 3.63) is 130 Å². The highest BCUT2D eigenvalue weighted by Crippen LogP contribution is 2.26. The van der Waals surface area contributed by atoms with E-state index in [1.807, 2.05) is 24.3 Å². The summed E-state index contributed by atoms with van der Waals surface area (Å²) in [4.78, 5) is 29.4. The average molecular weight is 683 g/mol. The van der Waals surface area contributed by atoms with Crippen LogP contribution in [0.3, 0.4) is 0 Å². The van der Waals surface area contributed by atoms with Crippen LogP contribution in [0.25, 0.3) is 0 Å². The first kappa shape index (κ1) is 33.4. The normalized spacial score (nSPS) is 14.3. The smallest absolute Gasteiger partial charge is 0.261 e. The van der Waals surface area contributed by atoms with Crippen molar-refractivity contribution >= 4 is 45.0 Å². The zero-order chi connectivity index (χ0) is 32.5. The molecule has 0 spiro atoms. The van der Waals surface area contributed by atoms with Crippen LogP contribution >= 0.6 is 23.2 Å². The van der Waals surface area contributed by atoms with Gasteiger partial charge in [0, 0.05) is 36.2 Å². The molecule has 12 heteroatoms. The molecule has 1 unspecified atom stereocenters. The third-order valence-corrected chi connectivity index (χ3v) is 10.0. The van der Waals surface area contributed by atoms with E-state index >= 15 is 0 Å². The van der Waals surface area contributed by atoms with Crippen molar-refractivity contribution in [1.29, 1.82) is 0 Å². The van der Waals surface area contributed by atoms with Crippen LogP contribution in [0, 0.1) is 0 Å². The quantitative estimate of drug-likeness (QED) is 0.212. The van der Waals surface area contributed by atoms with Gasteiger partial charge in [0.05, 0.1) is 18.1 Å². The Labute approximate surface area is 278 Å². The van der Waals surface area contributed by atoms with Gasteiger partial charge >= 0.3 is 0 Å². The van der Waals surface area contributed by atoms with Gasteiger partial charge in [0.25, 0.3) is 5.91 Å². The molecule has 1 atom stereocenters. The maximum atomic E-state index is 13.9. The molecule has 5 rings (SSSR count). The second-order valence-corrected chi connectivity index (χ2v) is 13.3. The number of carbonyl (C=O) groups is 2. The molecule has 1 fully saturated rings. The molecule has 0 saturated carbocycles. The van der Waals surface area contributed by atoms with E-state index in [2.05, 4.69) is 5.32 Å². The molecule has 4 aromatic carbocycles. The fraction of sp³-hybridized carbons (Fsp3) is 0.235. The number of amides is 2. The van der Waals surface area contributed by atoms with E-state index in [4.69, 9.17) is 32.7 Å². The van der Waals surface area contributed by atoms with Crippen LogP contribution in [0.5, 0.6) is 5.75 Å². The number of morpholine rings is 1. The van der Waals surface area contributed by atoms with E-state index in [1.54, 1.807) is 54.6 Å². The third-order valence-electron chi connectivity index (χ3n) is 7.47. The Hall–Kier alpha value is -3.93. The summed E-state index contributed by atoms with van der Waals surface area (Å²) in [6.07, 6.45) is 0. The SMILES string of the molecule is O=C(NCc1ccccc1Cl)C(c1ccccc1)N(Cc1ccc(Cl)cc1)C(=O)COc1ccc(S(=O)(=O)N2CCOCC2)cc1. The number of hydrogen-bond acceptors (Lipinski definition) is 6. The monoisotopic (exact) mass is 681 g/mol. The van der Waals surface area contributed by atoms with E-state index in [0.717, 1.165) is 11.1 Å². The highest BCUT2D eigenvalue weighted by Gasteiger charge is 2.32. The van der Waals surface area contributed by atoms with E-state index in [1.165, 1.54) is 33.5 Å². The molecule has 4 aromatic rings. The second kappa shape index (κ2) is 15.6. The van der Waals surface area contributed by atoms with Crippen LogP contribution in [-0.2, 0) is 37.4 Å². The van der Waals surface area contributed by atoms with Crippen LogP contribution in [0.2, 0.25) is 10.0 Å². The number of benzene rings is 4. The lowest BCUT2D eigenvalue weighted by molar-refractivity contribution is -0.143. The van der Waals surface area contributed by atoms with Gasteiger partial charge in [-0.25, -0.2) is 8.42 Å².